The van der Waals surface area contributed by atoms with E-state index in [1.165, 1.54) is 24.8 Å². The first kappa shape index (κ1) is 13.7. The summed E-state index contributed by atoms with van der Waals surface area (Å²) in [6.45, 7) is 2.76. The lowest BCUT2D eigenvalue weighted by Crippen LogP contribution is -2.31. The lowest BCUT2D eigenvalue weighted by Gasteiger charge is -2.28. The van der Waals surface area contributed by atoms with E-state index in [0.717, 1.165) is 24.7 Å². The van der Waals surface area contributed by atoms with Crippen LogP contribution >= 0.6 is 0 Å². The Bertz CT molecular complexity index is 578. The van der Waals surface area contributed by atoms with Crippen molar-refractivity contribution in [2.24, 2.45) is 0 Å². The molecular weight excluding hydrogens is 262 g/mol. The second-order valence-corrected chi connectivity index (χ2v) is 5.35. The Morgan fingerprint density at radius 1 is 1.05 bits per heavy atom. The molecule has 0 spiro atoms. The standard InChI is InChI=1S/C16H21N5/c17-14-15(18-11-13-7-3-1-4-8-13)19-12-20-16(14)21-9-5-2-6-10-21/h1,3-4,7-8,12H,2,5-6,9-11,17H2,(H,18,19,20). The molecular formula is C16H21N5. The van der Waals surface area contributed by atoms with Crippen LogP contribution in [-0.2, 0) is 6.54 Å². The Hall–Kier alpha value is -2.30. The van der Waals surface area contributed by atoms with Gasteiger partial charge in [-0.3, -0.25) is 0 Å². The molecule has 1 aliphatic heterocycles. The van der Waals surface area contributed by atoms with Gasteiger partial charge < -0.3 is 16.0 Å². The molecule has 21 heavy (non-hydrogen) atoms. The van der Waals surface area contributed by atoms with Gasteiger partial charge in [0.1, 0.15) is 12.0 Å². The summed E-state index contributed by atoms with van der Waals surface area (Å²) in [4.78, 5) is 10.9. The van der Waals surface area contributed by atoms with Crippen LogP contribution in [0.5, 0.6) is 0 Å². The first-order chi connectivity index (χ1) is 10.3. The number of nitrogens with zero attached hydrogens (tertiary/aromatic N) is 3. The van der Waals surface area contributed by atoms with Crippen molar-refractivity contribution >= 4 is 17.3 Å². The van der Waals surface area contributed by atoms with E-state index in [4.69, 9.17) is 5.73 Å². The normalized spacial score (nSPS) is 15.0. The van der Waals surface area contributed by atoms with Gasteiger partial charge in [0.2, 0.25) is 0 Å². The van der Waals surface area contributed by atoms with Crippen molar-refractivity contribution in [1.29, 1.82) is 0 Å². The zero-order chi connectivity index (χ0) is 14.5. The third kappa shape index (κ3) is 3.24. The summed E-state index contributed by atoms with van der Waals surface area (Å²) < 4.78 is 0. The minimum atomic E-state index is 0.648. The molecule has 1 aromatic carbocycles. The molecule has 5 nitrogen and oxygen atoms in total. The van der Waals surface area contributed by atoms with E-state index in [1.807, 2.05) is 18.2 Å². The van der Waals surface area contributed by atoms with Gasteiger partial charge in [-0.2, -0.15) is 0 Å². The number of hydrogen-bond acceptors (Lipinski definition) is 5. The first-order valence-electron chi connectivity index (χ1n) is 7.48. The van der Waals surface area contributed by atoms with Crippen molar-refractivity contribution < 1.29 is 0 Å². The molecule has 3 rings (SSSR count). The molecule has 2 aromatic rings. The van der Waals surface area contributed by atoms with E-state index in [2.05, 4.69) is 32.3 Å². The van der Waals surface area contributed by atoms with Crippen LogP contribution in [0.3, 0.4) is 0 Å². The van der Waals surface area contributed by atoms with Crippen LogP contribution in [0, 0.1) is 0 Å². The molecule has 0 radical (unpaired) electrons. The second kappa shape index (κ2) is 6.43. The average molecular weight is 283 g/mol. The van der Waals surface area contributed by atoms with E-state index < -0.39 is 0 Å². The maximum atomic E-state index is 6.25. The molecule has 1 aliphatic rings. The monoisotopic (exact) mass is 283 g/mol. The molecule has 0 unspecified atom stereocenters. The third-order valence-electron chi connectivity index (χ3n) is 3.82. The summed E-state index contributed by atoms with van der Waals surface area (Å²) in [5.74, 6) is 1.58. The van der Waals surface area contributed by atoms with Gasteiger partial charge >= 0.3 is 0 Å². The fourth-order valence-electron chi connectivity index (χ4n) is 2.67. The fourth-order valence-corrected chi connectivity index (χ4v) is 2.67. The highest BCUT2D eigenvalue weighted by Crippen LogP contribution is 2.28. The zero-order valence-electron chi connectivity index (χ0n) is 12.1. The molecule has 0 bridgehead atoms. The number of anilines is 3. The number of rotatable bonds is 4. The van der Waals surface area contributed by atoms with E-state index >= 15 is 0 Å². The van der Waals surface area contributed by atoms with Crippen LogP contribution in [0.2, 0.25) is 0 Å². The molecule has 1 fully saturated rings. The highest BCUT2D eigenvalue weighted by Gasteiger charge is 2.17. The number of benzene rings is 1. The number of piperidine rings is 1. The SMILES string of the molecule is Nc1c(NCc2ccccc2)ncnc1N1CCCCC1. The number of aromatic nitrogens is 2. The third-order valence-corrected chi connectivity index (χ3v) is 3.82. The predicted octanol–water partition coefficient (Wildman–Crippen LogP) is 2.66. The summed E-state index contributed by atoms with van der Waals surface area (Å²) in [6.07, 6.45) is 5.29. The number of hydrogen-bond donors (Lipinski definition) is 2. The van der Waals surface area contributed by atoms with Gasteiger partial charge in [-0.05, 0) is 24.8 Å². The number of nitrogens with two attached hydrogens (primary N) is 1. The minimum Gasteiger partial charge on any atom is -0.393 e. The van der Waals surface area contributed by atoms with Crippen LogP contribution < -0.4 is 16.0 Å². The lowest BCUT2D eigenvalue weighted by atomic mass is 10.1. The highest BCUT2D eigenvalue weighted by molar-refractivity contribution is 5.74. The second-order valence-electron chi connectivity index (χ2n) is 5.35. The van der Waals surface area contributed by atoms with Gasteiger partial charge in [-0.15, -0.1) is 0 Å². The molecule has 110 valence electrons. The van der Waals surface area contributed by atoms with Gasteiger partial charge in [-0.25, -0.2) is 9.97 Å². The van der Waals surface area contributed by atoms with Gasteiger partial charge in [0, 0.05) is 19.6 Å². The fraction of sp³-hybridized carbons (Fsp3) is 0.375. The van der Waals surface area contributed by atoms with Crippen molar-refractivity contribution in [1.82, 2.24) is 9.97 Å². The van der Waals surface area contributed by atoms with Gasteiger partial charge in [-0.1, -0.05) is 30.3 Å². The Morgan fingerprint density at radius 2 is 1.81 bits per heavy atom. The van der Waals surface area contributed by atoms with E-state index in [9.17, 15) is 0 Å². The van der Waals surface area contributed by atoms with Crippen LogP contribution in [0.1, 0.15) is 24.8 Å². The molecule has 0 saturated carbocycles. The Balaban J connectivity index is 1.73. The molecule has 0 atom stereocenters. The van der Waals surface area contributed by atoms with Crippen molar-refractivity contribution in [3.8, 4) is 0 Å². The maximum Gasteiger partial charge on any atom is 0.157 e. The van der Waals surface area contributed by atoms with E-state index in [0.29, 0.717) is 12.2 Å². The zero-order valence-corrected chi connectivity index (χ0v) is 12.1. The van der Waals surface area contributed by atoms with Gasteiger partial charge in [0.25, 0.3) is 0 Å². The average Bonchev–Trinajstić information content (AvgIpc) is 2.56. The minimum absolute atomic E-state index is 0.648. The largest absolute Gasteiger partial charge is 0.393 e. The van der Waals surface area contributed by atoms with Crippen LogP contribution in [0.25, 0.3) is 0 Å². The lowest BCUT2D eigenvalue weighted by molar-refractivity contribution is 0.573. The van der Waals surface area contributed by atoms with Crippen LogP contribution in [0.4, 0.5) is 17.3 Å². The van der Waals surface area contributed by atoms with E-state index in [-0.39, 0.29) is 0 Å². The van der Waals surface area contributed by atoms with Crippen molar-refractivity contribution in [2.45, 2.75) is 25.8 Å². The number of nitrogens with one attached hydrogen (secondary N) is 1. The molecule has 5 heteroatoms. The summed E-state index contributed by atoms with van der Waals surface area (Å²) in [5, 5.41) is 3.31. The summed E-state index contributed by atoms with van der Waals surface area (Å²) >= 11 is 0. The molecule has 3 N–H and O–H groups in total. The topological polar surface area (TPSA) is 67.1 Å². The molecule has 1 saturated heterocycles. The highest BCUT2D eigenvalue weighted by atomic mass is 15.2. The van der Waals surface area contributed by atoms with Gasteiger partial charge in [0.15, 0.2) is 11.6 Å². The summed E-state index contributed by atoms with van der Waals surface area (Å²) in [6, 6.07) is 10.2. The smallest absolute Gasteiger partial charge is 0.157 e. The molecule has 0 amide bonds. The predicted molar refractivity (Wildman–Crippen MR) is 86.3 cm³/mol. The molecule has 0 aliphatic carbocycles. The van der Waals surface area contributed by atoms with Crippen molar-refractivity contribution in [3.05, 3.63) is 42.2 Å². The molecule has 1 aromatic heterocycles. The first-order valence-corrected chi connectivity index (χ1v) is 7.48. The van der Waals surface area contributed by atoms with E-state index in [1.54, 1.807) is 6.33 Å². The quantitative estimate of drug-likeness (QED) is 0.903. The molecule has 2 heterocycles. The van der Waals surface area contributed by atoms with Crippen molar-refractivity contribution in [2.75, 3.05) is 29.0 Å². The van der Waals surface area contributed by atoms with Gasteiger partial charge in [0.05, 0.1) is 0 Å². The Kier molecular flexibility index (Phi) is 4.19. The Labute approximate surface area is 125 Å². The van der Waals surface area contributed by atoms with Crippen molar-refractivity contribution in [3.63, 3.8) is 0 Å². The summed E-state index contributed by atoms with van der Waals surface area (Å²) in [5.41, 5.74) is 8.10. The summed E-state index contributed by atoms with van der Waals surface area (Å²) in [7, 11) is 0. The van der Waals surface area contributed by atoms with Crippen LogP contribution in [0.15, 0.2) is 36.7 Å². The number of nitrogen functional groups attached to an aromatic ring is 1. The Morgan fingerprint density at radius 3 is 2.57 bits per heavy atom. The van der Waals surface area contributed by atoms with Crippen LogP contribution in [-0.4, -0.2) is 23.1 Å². The maximum absolute atomic E-state index is 6.25.